The maximum atomic E-state index is 11.0. The molecule has 2 aromatic rings. The van der Waals surface area contributed by atoms with Crippen LogP contribution in [0.5, 0.6) is 0 Å². The fraction of sp³-hybridized carbons (Fsp3) is 0.0769. The van der Waals surface area contributed by atoms with Crippen LogP contribution >= 0.6 is 12.6 Å². The van der Waals surface area contributed by atoms with Gasteiger partial charge in [-0.05, 0) is 17.0 Å². The Morgan fingerprint density at radius 2 is 2.06 bits per heavy atom. The van der Waals surface area contributed by atoms with Crippen LogP contribution in [0.2, 0.25) is 0 Å². The van der Waals surface area contributed by atoms with E-state index in [1.165, 1.54) is 0 Å². The molecule has 4 heteroatoms. The average molecular weight is 243 g/mol. The molecule has 0 amide bonds. The smallest absolute Gasteiger partial charge is 0.258 e. The highest BCUT2D eigenvalue weighted by molar-refractivity contribution is 7.80. The van der Waals surface area contributed by atoms with Crippen molar-refractivity contribution in [2.45, 2.75) is 5.25 Å². The summed E-state index contributed by atoms with van der Waals surface area (Å²) < 4.78 is 0. The van der Waals surface area contributed by atoms with Crippen LogP contribution in [0.4, 0.5) is 5.69 Å². The molecular weight excluding hydrogens is 234 g/mol. The van der Waals surface area contributed by atoms with E-state index in [-0.39, 0.29) is 15.9 Å². The van der Waals surface area contributed by atoms with E-state index >= 15 is 0 Å². The molecule has 1 aliphatic rings. The fourth-order valence-electron chi connectivity index (χ4n) is 2.29. The van der Waals surface area contributed by atoms with E-state index in [1.807, 2.05) is 24.3 Å². The lowest BCUT2D eigenvalue weighted by molar-refractivity contribution is -0.384. The average Bonchev–Trinajstić information content (AvgIpc) is 2.33. The van der Waals surface area contributed by atoms with Crippen molar-refractivity contribution in [2.24, 2.45) is 0 Å². The Labute approximate surface area is 103 Å². The van der Waals surface area contributed by atoms with Crippen molar-refractivity contribution in [2.75, 3.05) is 0 Å². The normalized spacial score (nSPS) is 17.4. The van der Waals surface area contributed by atoms with Gasteiger partial charge in [-0.15, -0.1) is 0 Å². The number of rotatable bonds is 1. The number of nitro groups is 1. The molecule has 1 atom stereocenters. The number of hydrogen-bond acceptors (Lipinski definition) is 3. The first-order valence-corrected chi connectivity index (χ1v) is 5.76. The second kappa shape index (κ2) is 3.60. The first kappa shape index (κ1) is 10.4. The first-order valence-electron chi connectivity index (χ1n) is 5.25. The van der Waals surface area contributed by atoms with Crippen molar-refractivity contribution in [3.8, 4) is 0 Å². The number of nitro benzene ring substituents is 1. The van der Waals surface area contributed by atoms with Crippen LogP contribution in [0.3, 0.4) is 0 Å². The SMILES string of the molecule is O=[N+]([O-])c1ccc2cccc3c2c1C=CC3S. The fourth-order valence-corrected chi connectivity index (χ4v) is 2.59. The van der Waals surface area contributed by atoms with Gasteiger partial charge < -0.3 is 0 Å². The minimum Gasteiger partial charge on any atom is -0.258 e. The monoisotopic (exact) mass is 243 g/mol. The molecule has 0 fully saturated rings. The molecule has 0 aliphatic heterocycles. The summed E-state index contributed by atoms with van der Waals surface area (Å²) in [4.78, 5) is 10.7. The number of nitrogens with zero attached hydrogens (tertiary/aromatic N) is 1. The molecule has 0 heterocycles. The standard InChI is InChI=1S/C13H9NO2S/c15-14(16)11-6-4-8-2-1-3-10-12(17)7-5-9(11)13(8)10/h1-7,12,17H. The first-order chi connectivity index (χ1) is 8.18. The van der Waals surface area contributed by atoms with Crippen LogP contribution < -0.4 is 0 Å². The Balaban J connectivity index is 2.48. The molecule has 3 rings (SSSR count). The summed E-state index contributed by atoms with van der Waals surface area (Å²) in [5, 5.41) is 13.0. The van der Waals surface area contributed by atoms with E-state index in [4.69, 9.17) is 0 Å². The quantitative estimate of drug-likeness (QED) is 0.471. The third-order valence-electron chi connectivity index (χ3n) is 3.06. The predicted octanol–water partition coefficient (Wildman–Crippen LogP) is 3.75. The van der Waals surface area contributed by atoms with Crippen LogP contribution in [-0.4, -0.2) is 4.92 Å². The van der Waals surface area contributed by atoms with Crippen LogP contribution in [0.25, 0.3) is 16.8 Å². The Hall–Kier alpha value is -1.81. The molecule has 0 saturated carbocycles. The van der Waals surface area contributed by atoms with Crippen molar-refractivity contribution in [1.29, 1.82) is 0 Å². The van der Waals surface area contributed by atoms with Crippen molar-refractivity contribution >= 4 is 35.2 Å². The third kappa shape index (κ3) is 1.45. The van der Waals surface area contributed by atoms with Crippen molar-refractivity contribution in [3.05, 3.63) is 57.6 Å². The number of benzene rings is 2. The number of thiol groups is 1. The van der Waals surface area contributed by atoms with E-state index in [1.54, 1.807) is 18.2 Å². The summed E-state index contributed by atoms with van der Waals surface area (Å²) in [6.07, 6.45) is 3.68. The molecule has 0 saturated heterocycles. The Kier molecular flexibility index (Phi) is 2.19. The zero-order valence-corrected chi connectivity index (χ0v) is 9.72. The zero-order chi connectivity index (χ0) is 12.0. The molecule has 0 aromatic heterocycles. The lowest BCUT2D eigenvalue weighted by Crippen LogP contribution is -1.99. The van der Waals surface area contributed by atoms with E-state index < -0.39 is 0 Å². The minimum atomic E-state index is -0.339. The predicted molar refractivity (Wildman–Crippen MR) is 71.4 cm³/mol. The van der Waals surface area contributed by atoms with Crippen molar-refractivity contribution < 1.29 is 4.92 Å². The van der Waals surface area contributed by atoms with Gasteiger partial charge in [0.05, 0.1) is 10.5 Å². The largest absolute Gasteiger partial charge is 0.277 e. The van der Waals surface area contributed by atoms with Gasteiger partial charge in [-0.2, -0.15) is 12.6 Å². The van der Waals surface area contributed by atoms with Gasteiger partial charge in [0, 0.05) is 16.7 Å². The molecule has 0 N–H and O–H groups in total. The summed E-state index contributed by atoms with van der Waals surface area (Å²) in [5.41, 5.74) is 1.88. The molecule has 3 nitrogen and oxygen atoms in total. The highest BCUT2D eigenvalue weighted by Crippen LogP contribution is 2.40. The molecule has 17 heavy (non-hydrogen) atoms. The highest BCUT2D eigenvalue weighted by Gasteiger charge is 2.21. The maximum Gasteiger partial charge on any atom is 0.277 e. The third-order valence-corrected chi connectivity index (χ3v) is 3.51. The topological polar surface area (TPSA) is 43.1 Å². The molecule has 0 radical (unpaired) electrons. The summed E-state index contributed by atoms with van der Waals surface area (Å²) >= 11 is 4.47. The van der Waals surface area contributed by atoms with E-state index in [0.717, 1.165) is 16.3 Å². The van der Waals surface area contributed by atoms with Gasteiger partial charge in [-0.1, -0.05) is 30.4 Å². The van der Waals surface area contributed by atoms with Gasteiger partial charge >= 0.3 is 0 Å². The Morgan fingerprint density at radius 1 is 1.24 bits per heavy atom. The Morgan fingerprint density at radius 3 is 2.82 bits per heavy atom. The van der Waals surface area contributed by atoms with E-state index in [2.05, 4.69) is 12.6 Å². The summed E-state index contributed by atoms with van der Waals surface area (Å²) in [6, 6.07) is 9.24. The molecule has 84 valence electrons. The van der Waals surface area contributed by atoms with Gasteiger partial charge in [-0.3, -0.25) is 10.1 Å². The van der Waals surface area contributed by atoms with Crippen LogP contribution in [-0.2, 0) is 0 Å². The van der Waals surface area contributed by atoms with E-state index in [9.17, 15) is 10.1 Å². The van der Waals surface area contributed by atoms with Gasteiger partial charge in [-0.25, -0.2) is 0 Å². The summed E-state index contributed by atoms with van der Waals surface area (Å²) in [7, 11) is 0. The molecular formula is C13H9NO2S. The minimum absolute atomic E-state index is 0.00760. The Bertz CT molecular complexity index is 664. The lowest BCUT2D eigenvalue weighted by Gasteiger charge is -2.17. The number of hydrogen-bond donors (Lipinski definition) is 1. The highest BCUT2D eigenvalue weighted by atomic mass is 32.1. The molecule has 2 aromatic carbocycles. The van der Waals surface area contributed by atoms with Gasteiger partial charge in [0.2, 0.25) is 0 Å². The maximum absolute atomic E-state index is 11.0. The molecule has 0 spiro atoms. The van der Waals surface area contributed by atoms with E-state index in [0.29, 0.717) is 5.56 Å². The summed E-state index contributed by atoms with van der Waals surface area (Å²) in [6.45, 7) is 0. The van der Waals surface area contributed by atoms with Gasteiger partial charge in [0.1, 0.15) is 0 Å². The summed E-state index contributed by atoms with van der Waals surface area (Å²) in [5.74, 6) is 0. The molecule has 1 aliphatic carbocycles. The molecule has 1 unspecified atom stereocenters. The zero-order valence-electron chi connectivity index (χ0n) is 8.83. The van der Waals surface area contributed by atoms with Crippen molar-refractivity contribution in [1.82, 2.24) is 0 Å². The van der Waals surface area contributed by atoms with Gasteiger partial charge in [0.15, 0.2) is 0 Å². The molecule has 0 bridgehead atoms. The second-order valence-corrected chi connectivity index (χ2v) is 4.56. The van der Waals surface area contributed by atoms with Crippen LogP contribution in [0.15, 0.2) is 36.4 Å². The second-order valence-electron chi connectivity index (χ2n) is 4.00. The van der Waals surface area contributed by atoms with Crippen LogP contribution in [0.1, 0.15) is 16.4 Å². The van der Waals surface area contributed by atoms with Crippen molar-refractivity contribution in [3.63, 3.8) is 0 Å². The van der Waals surface area contributed by atoms with Gasteiger partial charge in [0.25, 0.3) is 5.69 Å². The lowest BCUT2D eigenvalue weighted by atomic mass is 9.92. The van der Waals surface area contributed by atoms with Crippen LogP contribution in [0, 0.1) is 10.1 Å².